The standard InChI is InChI=1S/C30H29N5O4/c1-4-5-8-23(30(36)34-19-20-7-6-14-32-18-20)29(31)35-21-9-11-22(12-10-21)39-26-13-15-33-25-17-28(38-3)27(37-2)16-24(25)26/h4-18,35H,1,19,31H2,2-3H3,(H,34,36)/b8-5-,29-23-. The number of amides is 1. The Hall–Kier alpha value is -5.31. The molecule has 4 rings (SSSR count). The van der Waals surface area contributed by atoms with Crippen molar-refractivity contribution < 1.29 is 19.0 Å². The molecule has 0 radical (unpaired) electrons. The van der Waals surface area contributed by atoms with Gasteiger partial charge in [-0.05, 0) is 54.1 Å². The number of hydrogen-bond donors (Lipinski definition) is 3. The Balaban J connectivity index is 1.50. The van der Waals surface area contributed by atoms with Crippen LogP contribution in [0.5, 0.6) is 23.0 Å². The van der Waals surface area contributed by atoms with Crippen LogP contribution in [-0.4, -0.2) is 30.1 Å². The van der Waals surface area contributed by atoms with Gasteiger partial charge in [0.1, 0.15) is 17.3 Å². The van der Waals surface area contributed by atoms with Crippen molar-refractivity contribution >= 4 is 22.5 Å². The van der Waals surface area contributed by atoms with Gasteiger partial charge in [0.25, 0.3) is 5.91 Å². The second kappa shape index (κ2) is 12.8. The third kappa shape index (κ3) is 6.72. The Labute approximate surface area is 226 Å². The highest BCUT2D eigenvalue weighted by molar-refractivity contribution is 5.97. The van der Waals surface area contributed by atoms with Crippen LogP contribution in [0.2, 0.25) is 0 Å². The molecule has 0 aliphatic carbocycles. The molecule has 2 aromatic carbocycles. The van der Waals surface area contributed by atoms with Crippen molar-refractivity contribution in [1.29, 1.82) is 0 Å². The minimum atomic E-state index is -0.335. The monoisotopic (exact) mass is 523 g/mol. The molecule has 2 aromatic heterocycles. The van der Waals surface area contributed by atoms with E-state index in [-0.39, 0.29) is 17.3 Å². The van der Waals surface area contributed by atoms with Gasteiger partial charge in [-0.3, -0.25) is 14.8 Å². The highest BCUT2D eigenvalue weighted by Gasteiger charge is 2.13. The van der Waals surface area contributed by atoms with Crippen LogP contribution in [0.4, 0.5) is 5.69 Å². The molecule has 4 aromatic rings. The van der Waals surface area contributed by atoms with E-state index in [4.69, 9.17) is 19.9 Å². The number of nitrogens with zero attached hydrogens (tertiary/aromatic N) is 2. The molecule has 9 nitrogen and oxygen atoms in total. The molecule has 0 unspecified atom stereocenters. The van der Waals surface area contributed by atoms with Crippen molar-refractivity contribution in [2.45, 2.75) is 6.54 Å². The predicted octanol–water partition coefficient (Wildman–Crippen LogP) is 5.08. The number of carbonyl (C=O) groups is 1. The number of benzene rings is 2. The number of ether oxygens (including phenoxy) is 3. The maximum atomic E-state index is 12.9. The average Bonchev–Trinajstić information content (AvgIpc) is 2.97. The summed E-state index contributed by atoms with van der Waals surface area (Å²) in [5, 5.41) is 6.72. The highest BCUT2D eigenvalue weighted by atomic mass is 16.5. The van der Waals surface area contributed by atoms with Gasteiger partial charge in [-0.15, -0.1) is 0 Å². The second-order valence-corrected chi connectivity index (χ2v) is 8.25. The van der Waals surface area contributed by atoms with E-state index in [0.29, 0.717) is 40.7 Å². The first-order valence-corrected chi connectivity index (χ1v) is 12.0. The van der Waals surface area contributed by atoms with E-state index in [1.54, 1.807) is 87.4 Å². The third-order valence-corrected chi connectivity index (χ3v) is 5.68. The molecule has 2 heterocycles. The number of pyridine rings is 2. The number of aromatic nitrogens is 2. The number of anilines is 1. The molecule has 0 aliphatic heterocycles. The van der Waals surface area contributed by atoms with Crippen molar-refractivity contribution in [3.63, 3.8) is 0 Å². The quantitative estimate of drug-likeness (QED) is 0.184. The van der Waals surface area contributed by atoms with Crippen LogP contribution in [0.15, 0.2) is 109 Å². The molecule has 0 saturated heterocycles. The number of allylic oxidation sites excluding steroid dienone is 2. The summed E-state index contributed by atoms with van der Waals surface area (Å²) in [6, 6.07) is 16.3. The van der Waals surface area contributed by atoms with Crippen molar-refractivity contribution in [2.75, 3.05) is 19.5 Å². The lowest BCUT2D eigenvalue weighted by Gasteiger charge is -2.14. The fourth-order valence-electron chi connectivity index (χ4n) is 3.72. The van der Waals surface area contributed by atoms with Gasteiger partial charge in [-0.1, -0.05) is 24.8 Å². The first-order chi connectivity index (χ1) is 19.0. The molecule has 39 heavy (non-hydrogen) atoms. The molecule has 0 saturated carbocycles. The third-order valence-electron chi connectivity index (χ3n) is 5.68. The summed E-state index contributed by atoms with van der Waals surface area (Å²) < 4.78 is 16.9. The Bertz CT molecular complexity index is 1520. The summed E-state index contributed by atoms with van der Waals surface area (Å²) in [7, 11) is 3.16. The topological polar surface area (TPSA) is 121 Å². The summed E-state index contributed by atoms with van der Waals surface area (Å²) in [6.45, 7) is 3.99. The van der Waals surface area contributed by atoms with E-state index < -0.39 is 0 Å². The maximum absolute atomic E-state index is 12.9. The molecule has 9 heteroatoms. The van der Waals surface area contributed by atoms with E-state index in [0.717, 1.165) is 10.9 Å². The van der Waals surface area contributed by atoms with Crippen molar-refractivity contribution in [3.8, 4) is 23.0 Å². The minimum Gasteiger partial charge on any atom is -0.493 e. The van der Waals surface area contributed by atoms with Gasteiger partial charge in [-0.25, -0.2) is 0 Å². The molecule has 1 amide bonds. The summed E-state index contributed by atoms with van der Waals surface area (Å²) in [6.07, 6.45) is 9.86. The second-order valence-electron chi connectivity index (χ2n) is 8.25. The van der Waals surface area contributed by atoms with Crippen LogP contribution in [0.1, 0.15) is 5.56 Å². The fraction of sp³-hybridized carbons (Fsp3) is 0.100. The van der Waals surface area contributed by atoms with Crippen molar-refractivity contribution in [3.05, 3.63) is 115 Å². The first-order valence-electron chi connectivity index (χ1n) is 12.0. The van der Waals surface area contributed by atoms with E-state index in [9.17, 15) is 4.79 Å². The number of methoxy groups -OCH3 is 2. The highest BCUT2D eigenvalue weighted by Crippen LogP contribution is 2.37. The molecular formula is C30H29N5O4. The maximum Gasteiger partial charge on any atom is 0.255 e. The summed E-state index contributed by atoms with van der Waals surface area (Å²) in [5.74, 6) is 2.24. The van der Waals surface area contributed by atoms with Crippen LogP contribution in [-0.2, 0) is 11.3 Å². The number of rotatable bonds is 11. The van der Waals surface area contributed by atoms with Gasteiger partial charge in [0, 0.05) is 42.3 Å². The Morgan fingerprint density at radius 2 is 1.79 bits per heavy atom. The largest absolute Gasteiger partial charge is 0.493 e. The zero-order valence-corrected chi connectivity index (χ0v) is 21.7. The first kappa shape index (κ1) is 26.7. The smallest absolute Gasteiger partial charge is 0.255 e. The van der Waals surface area contributed by atoms with Crippen LogP contribution >= 0.6 is 0 Å². The predicted molar refractivity (Wildman–Crippen MR) is 152 cm³/mol. The molecule has 0 atom stereocenters. The van der Waals surface area contributed by atoms with Crippen molar-refractivity contribution in [1.82, 2.24) is 15.3 Å². The molecule has 4 N–H and O–H groups in total. The van der Waals surface area contributed by atoms with Crippen LogP contribution in [0.25, 0.3) is 10.9 Å². The molecular weight excluding hydrogens is 494 g/mol. The van der Waals surface area contributed by atoms with Crippen LogP contribution < -0.4 is 30.6 Å². The minimum absolute atomic E-state index is 0.187. The van der Waals surface area contributed by atoms with Crippen LogP contribution in [0, 0.1) is 0 Å². The van der Waals surface area contributed by atoms with E-state index in [1.165, 1.54) is 0 Å². The van der Waals surface area contributed by atoms with Gasteiger partial charge in [0.05, 0.1) is 25.3 Å². The SMILES string of the molecule is C=C/C=C\C(C(=O)NCc1cccnc1)=C(/N)Nc1ccc(Oc2ccnc3cc(OC)c(OC)cc23)cc1. The number of hydrogen-bond acceptors (Lipinski definition) is 8. The number of carbonyl (C=O) groups excluding carboxylic acids is 1. The average molecular weight is 524 g/mol. The molecule has 0 aliphatic rings. The van der Waals surface area contributed by atoms with Gasteiger partial charge < -0.3 is 30.6 Å². The number of nitrogens with two attached hydrogens (primary N) is 1. The van der Waals surface area contributed by atoms with Gasteiger partial charge >= 0.3 is 0 Å². The molecule has 0 spiro atoms. The lowest BCUT2D eigenvalue weighted by atomic mass is 10.1. The zero-order valence-electron chi connectivity index (χ0n) is 21.7. The summed E-state index contributed by atoms with van der Waals surface area (Å²) >= 11 is 0. The normalized spacial score (nSPS) is 11.5. The Morgan fingerprint density at radius 3 is 2.49 bits per heavy atom. The van der Waals surface area contributed by atoms with Gasteiger partial charge in [0.15, 0.2) is 11.5 Å². The Kier molecular flexibility index (Phi) is 8.76. The number of nitrogens with one attached hydrogen (secondary N) is 2. The lowest BCUT2D eigenvalue weighted by Crippen LogP contribution is -2.27. The van der Waals surface area contributed by atoms with E-state index in [1.807, 2.05) is 18.2 Å². The van der Waals surface area contributed by atoms with Gasteiger partial charge in [0.2, 0.25) is 0 Å². The summed E-state index contributed by atoms with van der Waals surface area (Å²) in [5.41, 5.74) is 8.82. The lowest BCUT2D eigenvalue weighted by molar-refractivity contribution is -0.117. The zero-order chi connectivity index (χ0) is 27.6. The Morgan fingerprint density at radius 1 is 1.03 bits per heavy atom. The van der Waals surface area contributed by atoms with Crippen molar-refractivity contribution in [2.24, 2.45) is 5.73 Å². The summed E-state index contributed by atoms with van der Waals surface area (Å²) in [4.78, 5) is 21.3. The van der Waals surface area contributed by atoms with E-state index >= 15 is 0 Å². The van der Waals surface area contributed by atoms with Crippen LogP contribution in [0.3, 0.4) is 0 Å². The fourth-order valence-corrected chi connectivity index (χ4v) is 3.72. The van der Waals surface area contributed by atoms with E-state index in [2.05, 4.69) is 27.2 Å². The number of fused-ring (bicyclic) bond motifs is 1. The molecule has 0 bridgehead atoms. The molecule has 0 fully saturated rings. The van der Waals surface area contributed by atoms with Gasteiger partial charge in [-0.2, -0.15) is 0 Å². The molecule has 198 valence electrons.